The number of aryl methyl sites for hydroxylation is 1. The van der Waals surface area contributed by atoms with Crippen LogP contribution >= 0.6 is 0 Å². The number of nitrogens with one attached hydrogen (secondary N) is 1. The molecular weight excluding hydrogens is 214 g/mol. The van der Waals surface area contributed by atoms with E-state index >= 15 is 0 Å². The van der Waals surface area contributed by atoms with E-state index in [1.165, 1.54) is 0 Å². The van der Waals surface area contributed by atoms with Crippen LogP contribution in [0.5, 0.6) is 0 Å². The van der Waals surface area contributed by atoms with Crippen LogP contribution in [0.15, 0.2) is 42.7 Å². The second-order valence-electron chi connectivity index (χ2n) is 3.72. The molecular formula is C13H13N3O. The van der Waals surface area contributed by atoms with E-state index in [2.05, 4.69) is 15.3 Å². The topological polar surface area (TPSA) is 54.9 Å². The number of carbonyl (C=O) groups is 1. The second kappa shape index (κ2) is 5.21. The smallest absolute Gasteiger partial charge is 0.270 e. The molecule has 86 valence electrons. The summed E-state index contributed by atoms with van der Waals surface area (Å²) in [4.78, 5) is 19.9. The lowest BCUT2D eigenvalue weighted by atomic mass is 10.2. The van der Waals surface area contributed by atoms with Gasteiger partial charge in [-0.15, -0.1) is 0 Å². The molecule has 0 bridgehead atoms. The molecule has 1 amide bonds. The summed E-state index contributed by atoms with van der Waals surface area (Å²) in [6, 6.07) is 9.21. The van der Waals surface area contributed by atoms with Crippen LogP contribution in [-0.4, -0.2) is 15.9 Å². The molecule has 0 atom stereocenters. The number of nitrogens with zero attached hydrogens (tertiary/aromatic N) is 2. The third-order valence-corrected chi connectivity index (χ3v) is 2.30. The van der Waals surface area contributed by atoms with Gasteiger partial charge in [0, 0.05) is 12.4 Å². The Morgan fingerprint density at radius 2 is 2.12 bits per heavy atom. The lowest BCUT2D eigenvalue weighted by Crippen LogP contribution is -2.24. The molecule has 0 aliphatic carbocycles. The minimum Gasteiger partial charge on any atom is -0.345 e. The quantitative estimate of drug-likeness (QED) is 0.868. The van der Waals surface area contributed by atoms with Gasteiger partial charge >= 0.3 is 0 Å². The minimum absolute atomic E-state index is 0.181. The zero-order valence-corrected chi connectivity index (χ0v) is 9.55. The normalized spacial score (nSPS) is 9.94. The van der Waals surface area contributed by atoms with Gasteiger partial charge in [-0.3, -0.25) is 14.8 Å². The summed E-state index contributed by atoms with van der Waals surface area (Å²) < 4.78 is 0. The van der Waals surface area contributed by atoms with Crippen molar-refractivity contribution < 1.29 is 4.79 Å². The number of pyridine rings is 2. The molecule has 0 radical (unpaired) electrons. The SMILES string of the molecule is Cc1ccnc(C(=O)NCc2ccccn2)c1. The monoisotopic (exact) mass is 227 g/mol. The maximum atomic E-state index is 11.8. The van der Waals surface area contributed by atoms with E-state index in [1.54, 1.807) is 18.5 Å². The van der Waals surface area contributed by atoms with Gasteiger partial charge in [-0.2, -0.15) is 0 Å². The third-order valence-electron chi connectivity index (χ3n) is 2.30. The average molecular weight is 227 g/mol. The largest absolute Gasteiger partial charge is 0.345 e. The Labute approximate surface area is 99.7 Å². The number of aromatic nitrogens is 2. The molecule has 0 saturated heterocycles. The molecule has 0 aliphatic rings. The maximum Gasteiger partial charge on any atom is 0.270 e. The fourth-order valence-electron chi connectivity index (χ4n) is 1.42. The minimum atomic E-state index is -0.181. The van der Waals surface area contributed by atoms with Crippen LogP contribution in [0, 0.1) is 6.92 Å². The van der Waals surface area contributed by atoms with Gasteiger partial charge in [0.25, 0.3) is 5.91 Å². The molecule has 0 spiro atoms. The van der Waals surface area contributed by atoms with E-state index in [1.807, 2.05) is 31.2 Å². The third kappa shape index (κ3) is 3.11. The summed E-state index contributed by atoms with van der Waals surface area (Å²) in [5.74, 6) is -0.181. The van der Waals surface area contributed by atoms with Crippen LogP contribution in [0.1, 0.15) is 21.7 Å². The first-order valence-corrected chi connectivity index (χ1v) is 5.36. The fraction of sp³-hybridized carbons (Fsp3) is 0.154. The molecule has 1 N–H and O–H groups in total. The molecule has 2 heterocycles. The standard InChI is InChI=1S/C13H13N3O/c1-10-5-7-15-12(8-10)13(17)16-9-11-4-2-3-6-14-11/h2-8H,9H2,1H3,(H,16,17). The first kappa shape index (κ1) is 11.3. The van der Waals surface area contributed by atoms with Crippen molar-refractivity contribution in [3.8, 4) is 0 Å². The van der Waals surface area contributed by atoms with Gasteiger partial charge < -0.3 is 5.32 Å². The van der Waals surface area contributed by atoms with Crippen molar-refractivity contribution in [2.45, 2.75) is 13.5 Å². The highest BCUT2D eigenvalue weighted by molar-refractivity contribution is 5.92. The van der Waals surface area contributed by atoms with Crippen LogP contribution in [0.2, 0.25) is 0 Å². The van der Waals surface area contributed by atoms with Crippen LogP contribution in [0.25, 0.3) is 0 Å². The van der Waals surface area contributed by atoms with Crippen molar-refractivity contribution in [2.24, 2.45) is 0 Å². The Kier molecular flexibility index (Phi) is 3.45. The zero-order valence-electron chi connectivity index (χ0n) is 9.55. The molecule has 4 nitrogen and oxygen atoms in total. The van der Waals surface area contributed by atoms with Gasteiger partial charge in [0.05, 0.1) is 12.2 Å². The lowest BCUT2D eigenvalue weighted by molar-refractivity contribution is 0.0945. The summed E-state index contributed by atoms with van der Waals surface area (Å²) >= 11 is 0. The number of amides is 1. The molecule has 2 rings (SSSR count). The van der Waals surface area contributed by atoms with Gasteiger partial charge in [0.15, 0.2) is 0 Å². The van der Waals surface area contributed by atoms with E-state index in [-0.39, 0.29) is 5.91 Å². The van der Waals surface area contributed by atoms with E-state index in [0.717, 1.165) is 11.3 Å². The first-order valence-electron chi connectivity index (χ1n) is 5.36. The van der Waals surface area contributed by atoms with Gasteiger partial charge in [-0.1, -0.05) is 6.07 Å². The molecule has 0 unspecified atom stereocenters. The van der Waals surface area contributed by atoms with E-state index in [0.29, 0.717) is 12.2 Å². The van der Waals surface area contributed by atoms with Gasteiger partial charge in [-0.05, 0) is 36.8 Å². The molecule has 2 aromatic heterocycles. The van der Waals surface area contributed by atoms with Gasteiger partial charge in [0.2, 0.25) is 0 Å². The molecule has 2 aromatic rings. The molecule has 0 fully saturated rings. The predicted molar refractivity (Wildman–Crippen MR) is 64.4 cm³/mol. The van der Waals surface area contributed by atoms with Crippen molar-refractivity contribution in [3.63, 3.8) is 0 Å². The number of rotatable bonds is 3. The number of hydrogen-bond donors (Lipinski definition) is 1. The maximum absolute atomic E-state index is 11.8. The Balaban J connectivity index is 1.98. The Morgan fingerprint density at radius 3 is 2.82 bits per heavy atom. The molecule has 0 aromatic carbocycles. The van der Waals surface area contributed by atoms with E-state index in [4.69, 9.17) is 0 Å². The fourth-order valence-corrected chi connectivity index (χ4v) is 1.42. The lowest BCUT2D eigenvalue weighted by Gasteiger charge is -2.04. The Hall–Kier alpha value is -2.23. The highest BCUT2D eigenvalue weighted by atomic mass is 16.1. The zero-order chi connectivity index (χ0) is 12.1. The first-order chi connectivity index (χ1) is 8.25. The average Bonchev–Trinajstić information content (AvgIpc) is 2.37. The van der Waals surface area contributed by atoms with Crippen LogP contribution in [-0.2, 0) is 6.54 Å². The summed E-state index contributed by atoms with van der Waals surface area (Å²) in [5, 5.41) is 2.78. The Morgan fingerprint density at radius 1 is 1.24 bits per heavy atom. The van der Waals surface area contributed by atoms with E-state index < -0.39 is 0 Å². The van der Waals surface area contributed by atoms with Crippen LogP contribution in [0.4, 0.5) is 0 Å². The molecule has 0 saturated carbocycles. The highest BCUT2D eigenvalue weighted by Gasteiger charge is 2.06. The van der Waals surface area contributed by atoms with Gasteiger partial charge in [-0.25, -0.2) is 0 Å². The van der Waals surface area contributed by atoms with Crippen molar-refractivity contribution in [1.29, 1.82) is 0 Å². The second-order valence-corrected chi connectivity index (χ2v) is 3.72. The molecule has 0 aliphatic heterocycles. The van der Waals surface area contributed by atoms with Crippen molar-refractivity contribution in [1.82, 2.24) is 15.3 Å². The highest BCUT2D eigenvalue weighted by Crippen LogP contribution is 2.00. The summed E-state index contributed by atoms with van der Waals surface area (Å²) in [5.41, 5.74) is 2.28. The number of carbonyl (C=O) groups excluding carboxylic acids is 1. The van der Waals surface area contributed by atoms with Crippen LogP contribution < -0.4 is 5.32 Å². The predicted octanol–water partition coefficient (Wildman–Crippen LogP) is 1.72. The van der Waals surface area contributed by atoms with Crippen molar-refractivity contribution in [3.05, 3.63) is 59.7 Å². The summed E-state index contributed by atoms with van der Waals surface area (Å²) in [6.07, 6.45) is 3.33. The van der Waals surface area contributed by atoms with Crippen molar-refractivity contribution in [2.75, 3.05) is 0 Å². The van der Waals surface area contributed by atoms with Crippen LogP contribution in [0.3, 0.4) is 0 Å². The summed E-state index contributed by atoms with van der Waals surface area (Å²) in [6.45, 7) is 2.34. The van der Waals surface area contributed by atoms with Gasteiger partial charge in [0.1, 0.15) is 5.69 Å². The Bertz CT molecular complexity index is 511. The number of hydrogen-bond acceptors (Lipinski definition) is 3. The summed E-state index contributed by atoms with van der Waals surface area (Å²) in [7, 11) is 0. The van der Waals surface area contributed by atoms with E-state index in [9.17, 15) is 4.79 Å². The van der Waals surface area contributed by atoms with Crippen molar-refractivity contribution >= 4 is 5.91 Å². The molecule has 17 heavy (non-hydrogen) atoms. The molecule has 4 heteroatoms.